The largest absolute Gasteiger partial charge is 0.497 e. The van der Waals surface area contributed by atoms with Crippen LogP contribution in [0.15, 0.2) is 24.3 Å². The van der Waals surface area contributed by atoms with Crippen LogP contribution in [0.25, 0.3) is 0 Å². The number of hydrogen-bond donors (Lipinski definition) is 1. The predicted molar refractivity (Wildman–Crippen MR) is 72.6 cm³/mol. The standard InChI is InChI=1S/C14H21NO4/c1-4-15-13(14(16)18-3)9-10-19-12-7-5-11(17-2)6-8-12/h5-8,13,15H,4,9-10H2,1-3H3. The van der Waals surface area contributed by atoms with Crippen molar-refractivity contribution in [2.24, 2.45) is 0 Å². The van der Waals surface area contributed by atoms with Crippen LogP contribution in [0.4, 0.5) is 0 Å². The average Bonchev–Trinajstić information content (AvgIpc) is 2.46. The van der Waals surface area contributed by atoms with Crippen molar-refractivity contribution in [2.45, 2.75) is 19.4 Å². The number of rotatable bonds is 8. The van der Waals surface area contributed by atoms with Crippen molar-refractivity contribution in [1.82, 2.24) is 5.32 Å². The summed E-state index contributed by atoms with van der Waals surface area (Å²) in [7, 11) is 3.00. The second kappa shape index (κ2) is 8.37. The molecule has 0 spiro atoms. The smallest absolute Gasteiger partial charge is 0.322 e. The number of esters is 1. The van der Waals surface area contributed by atoms with Gasteiger partial charge in [0.25, 0.3) is 0 Å². The lowest BCUT2D eigenvalue weighted by atomic mass is 10.2. The van der Waals surface area contributed by atoms with Crippen molar-refractivity contribution in [3.63, 3.8) is 0 Å². The maximum Gasteiger partial charge on any atom is 0.322 e. The molecule has 0 saturated heterocycles. The summed E-state index contributed by atoms with van der Waals surface area (Å²) >= 11 is 0. The van der Waals surface area contributed by atoms with Gasteiger partial charge in [-0.3, -0.25) is 4.79 Å². The van der Waals surface area contributed by atoms with Gasteiger partial charge >= 0.3 is 5.97 Å². The summed E-state index contributed by atoms with van der Waals surface area (Å²) in [5, 5.41) is 3.06. The van der Waals surface area contributed by atoms with Crippen LogP contribution in [0.5, 0.6) is 11.5 Å². The van der Waals surface area contributed by atoms with Crippen LogP contribution in [-0.4, -0.2) is 39.4 Å². The lowest BCUT2D eigenvalue weighted by Gasteiger charge is -2.15. The van der Waals surface area contributed by atoms with E-state index in [1.165, 1.54) is 7.11 Å². The summed E-state index contributed by atoms with van der Waals surface area (Å²) in [6.07, 6.45) is 0.562. The molecule has 0 aliphatic carbocycles. The molecular weight excluding hydrogens is 246 g/mol. The van der Waals surface area contributed by atoms with Crippen LogP contribution in [0.3, 0.4) is 0 Å². The first-order valence-electron chi connectivity index (χ1n) is 6.29. The molecule has 0 aromatic heterocycles. The van der Waals surface area contributed by atoms with Gasteiger partial charge in [0.05, 0.1) is 20.8 Å². The number of ether oxygens (including phenoxy) is 3. The maximum absolute atomic E-state index is 11.5. The van der Waals surface area contributed by atoms with Gasteiger partial charge in [0, 0.05) is 6.42 Å². The first-order valence-corrected chi connectivity index (χ1v) is 6.29. The molecule has 19 heavy (non-hydrogen) atoms. The highest BCUT2D eigenvalue weighted by molar-refractivity contribution is 5.75. The summed E-state index contributed by atoms with van der Waals surface area (Å²) in [5.41, 5.74) is 0. The number of likely N-dealkylation sites (N-methyl/N-ethyl adjacent to an activating group) is 1. The van der Waals surface area contributed by atoms with Gasteiger partial charge in [0.15, 0.2) is 0 Å². The topological polar surface area (TPSA) is 56.8 Å². The minimum atomic E-state index is -0.326. The molecule has 5 nitrogen and oxygen atoms in total. The fourth-order valence-corrected chi connectivity index (χ4v) is 1.66. The Bertz CT molecular complexity index is 378. The van der Waals surface area contributed by atoms with Crippen LogP contribution >= 0.6 is 0 Å². The molecule has 0 heterocycles. The number of methoxy groups -OCH3 is 2. The Hall–Kier alpha value is -1.75. The monoisotopic (exact) mass is 267 g/mol. The van der Waals surface area contributed by atoms with E-state index in [1.54, 1.807) is 7.11 Å². The lowest BCUT2D eigenvalue weighted by molar-refractivity contribution is -0.143. The minimum absolute atomic E-state index is 0.264. The molecule has 0 aliphatic rings. The Morgan fingerprint density at radius 1 is 1.21 bits per heavy atom. The maximum atomic E-state index is 11.5. The highest BCUT2D eigenvalue weighted by atomic mass is 16.5. The molecule has 1 atom stereocenters. The highest BCUT2D eigenvalue weighted by Crippen LogP contribution is 2.17. The van der Waals surface area contributed by atoms with E-state index in [1.807, 2.05) is 31.2 Å². The summed E-state index contributed by atoms with van der Waals surface area (Å²) in [4.78, 5) is 11.5. The Morgan fingerprint density at radius 2 is 1.84 bits per heavy atom. The Balaban J connectivity index is 2.40. The number of carbonyl (C=O) groups excluding carboxylic acids is 1. The van der Waals surface area contributed by atoms with Gasteiger partial charge in [-0.1, -0.05) is 6.92 Å². The van der Waals surface area contributed by atoms with Crippen molar-refractivity contribution in [1.29, 1.82) is 0 Å². The Morgan fingerprint density at radius 3 is 2.37 bits per heavy atom. The van der Waals surface area contributed by atoms with Crippen molar-refractivity contribution >= 4 is 5.97 Å². The van der Waals surface area contributed by atoms with Crippen LogP contribution in [-0.2, 0) is 9.53 Å². The molecule has 5 heteroatoms. The molecule has 0 fully saturated rings. The molecule has 1 rings (SSSR count). The summed E-state index contributed by atoms with van der Waals surface area (Å²) in [5.74, 6) is 1.27. The van der Waals surface area contributed by atoms with Crippen molar-refractivity contribution in [3.05, 3.63) is 24.3 Å². The minimum Gasteiger partial charge on any atom is -0.497 e. The van der Waals surface area contributed by atoms with E-state index in [-0.39, 0.29) is 12.0 Å². The van der Waals surface area contributed by atoms with Gasteiger partial charge in [-0.15, -0.1) is 0 Å². The van der Waals surface area contributed by atoms with E-state index in [4.69, 9.17) is 14.2 Å². The van der Waals surface area contributed by atoms with Crippen LogP contribution < -0.4 is 14.8 Å². The summed E-state index contributed by atoms with van der Waals surface area (Å²) in [6.45, 7) is 3.10. The second-order valence-electron chi connectivity index (χ2n) is 3.95. The third-order valence-corrected chi connectivity index (χ3v) is 2.67. The van der Waals surface area contributed by atoms with Gasteiger partial charge in [-0.2, -0.15) is 0 Å². The van der Waals surface area contributed by atoms with E-state index in [2.05, 4.69) is 5.32 Å². The molecule has 0 saturated carbocycles. The Kier molecular flexibility index (Phi) is 6.74. The third-order valence-electron chi connectivity index (χ3n) is 2.67. The van der Waals surface area contributed by atoms with Gasteiger partial charge in [0.2, 0.25) is 0 Å². The molecule has 1 N–H and O–H groups in total. The molecule has 0 amide bonds. The van der Waals surface area contributed by atoms with Crippen LogP contribution in [0.2, 0.25) is 0 Å². The zero-order chi connectivity index (χ0) is 14.1. The summed E-state index contributed by atoms with van der Waals surface area (Å²) < 4.78 is 15.4. The normalized spacial score (nSPS) is 11.7. The second-order valence-corrected chi connectivity index (χ2v) is 3.95. The van der Waals surface area contributed by atoms with Gasteiger partial charge in [-0.05, 0) is 30.8 Å². The van der Waals surface area contributed by atoms with Crippen molar-refractivity contribution in [2.75, 3.05) is 27.4 Å². The molecule has 1 unspecified atom stereocenters. The van der Waals surface area contributed by atoms with Crippen molar-refractivity contribution in [3.8, 4) is 11.5 Å². The summed E-state index contributed by atoms with van der Waals surface area (Å²) in [6, 6.07) is 7.00. The van der Waals surface area contributed by atoms with Gasteiger partial charge in [0.1, 0.15) is 17.5 Å². The van der Waals surface area contributed by atoms with Crippen LogP contribution in [0.1, 0.15) is 13.3 Å². The molecule has 1 aromatic rings. The molecule has 106 valence electrons. The molecule has 1 aromatic carbocycles. The number of carbonyl (C=O) groups is 1. The lowest BCUT2D eigenvalue weighted by Crippen LogP contribution is -2.38. The zero-order valence-corrected chi connectivity index (χ0v) is 11.6. The van der Waals surface area contributed by atoms with E-state index >= 15 is 0 Å². The number of nitrogens with one attached hydrogen (secondary N) is 1. The molecular formula is C14H21NO4. The van der Waals surface area contributed by atoms with Gasteiger partial charge in [-0.25, -0.2) is 0 Å². The average molecular weight is 267 g/mol. The number of benzene rings is 1. The molecule has 0 radical (unpaired) electrons. The van der Waals surface area contributed by atoms with E-state index < -0.39 is 0 Å². The molecule has 0 aliphatic heterocycles. The van der Waals surface area contributed by atoms with E-state index in [0.717, 1.165) is 11.5 Å². The van der Waals surface area contributed by atoms with E-state index in [9.17, 15) is 4.79 Å². The molecule has 0 bridgehead atoms. The zero-order valence-electron chi connectivity index (χ0n) is 11.6. The fourth-order valence-electron chi connectivity index (χ4n) is 1.66. The first kappa shape index (κ1) is 15.3. The Labute approximate surface area is 113 Å². The highest BCUT2D eigenvalue weighted by Gasteiger charge is 2.17. The quantitative estimate of drug-likeness (QED) is 0.725. The fraction of sp³-hybridized carbons (Fsp3) is 0.500. The van der Waals surface area contributed by atoms with Crippen molar-refractivity contribution < 1.29 is 19.0 Å². The predicted octanol–water partition coefficient (Wildman–Crippen LogP) is 1.62. The first-order chi connectivity index (χ1) is 9.21. The third kappa shape index (κ3) is 5.18. The number of hydrogen-bond acceptors (Lipinski definition) is 5. The van der Waals surface area contributed by atoms with E-state index in [0.29, 0.717) is 19.6 Å². The SMILES string of the molecule is CCNC(CCOc1ccc(OC)cc1)C(=O)OC. The van der Waals surface area contributed by atoms with Gasteiger partial charge < -0.3 is 19.5 Å². The van der Waals surface area contributed by atoms with Crippen LogP contribution in [0, 0.1) is 0 Å².